The molecule has 3 aromatic heterocycles. The normalized spacial score (nSPS) is 12.4. The number of esters is 1. The Bertz CT molecular complexity index is 1470. The minimum Gasteiger partial charge on any atom is -0.493 e. The van der Waals surface area contributed by atoms with E-state index in [-0.39, 0.29) is 23.3 Å². The van der Waals surface area contributed by atoms with E-state index in [0.29, 0.717) is 21.6 Å². The second-order valence-electron chi connectivity index (χ2n) is 7.21. The molecule has 4 rings (SSSR count). The van der Waals surface area contributed by atoms with E-state index in [4.69, 9.17) is 16.3 Å². The van der Waals surface area contributed by atoms with Gasteiger partial charge in [0, 0.05) is 26.2 Å². The summed E-state index contributed by atoms with van der Waals surface area (Å²) in [6.45, 7) is 0. The predicted octanol–water partition coefficient (Wildman–Crippen LogP) is 1.94. The molecule has 0 spiro atoms. The second-order valence-corrected chi connectivity index (χ2v) is 7.65. The number of ether oxygens (including phenoxy) is 1. The molecular weight excluding hydrogens is 424 g/mol. The van der Waals surface area contributed by atoms with E-state index >= 15 is 0 Å². The summed E-state index contributed by atoms with van der Waals surface area (Å²) in [7, 11) is 4.54. The Hall–Kier alpha value is -3.59. The number of rotatable bonds is 4. The molecule has 10 heteroatoms. The molecule has 31 heavy (non-hydrogen) atoms. The van der Waals surface area contributed by atoms with Gasteiger partial charge in [0.25, 0.3) is 5.56 Å². The molecular formula is C21H19ClN4O5. The highest BCUT2D eigenvalue weighted by Crippen LogP contribution is 2.33. The van der Waals surface area contributed by atoms with Crippen molar-refractivity contribution in [2.24, 2.45) is 14.1 Å². The van der Waals surface area contributed by atoms with Crippen molar-refractivity contribution in [1.82, 2.24) is 18.5 Å². The quantitative estimate of drug-likeness (QED) is 0.484. The number of hydrogen-bond acceptors (Lipinski definition) is 6. The summed E-state index contributed by atoms with van der Waals surface area (Å²) >= 11 is 6.03. The van der Waals surface area contributed by atoms with Crippen molar-refractivity contribution in [3.05, 3.63) is 73.5 Å². The molecule has 0 aliphatic rings. The molecule has 9 nitrogen and oxygen atoms in total. The van der Waals surface area contributed by atoms with E-state index in [1.54, 1.807) is 38.4 Å². The SMILES string of the molecule is COC(=O)CC(c1ccc2c(c1)n(C)c(=O)n2C)c1c(O)nc2ccc(Cl)cn2c1=O. The van der Waals surface area contributed by atoms with Crippen LogP contribution in [0.15, 0.2) is 46.1 Å². The van der Waals surface area contributed by atoms with Crippen LogP contribution in [0.3, 0.4) is 0 Å². The number of aromatic nitrogens is 4. The summed E-state index contributed by atoms with van der Waals surface area (Å²) in [6.07, 6.45) is 1.19. The zero-order valence-electron chi connectivity index (χ0n) is 17.0. The summed E-state index contributed by atoms with van der Waals surface area (Å²) in [6, 6.07) is 8.22. The van der Waals surface area contributed by atoms with Gasteiger partial charge in [0.1, 0.15) is 5.65 Å². The number of benzene rings is 1. The number of hydrogen-bond donors (Lipinski definition) is 1. The van der Waals surface area contributed by atoms with Crippen LogP contribution in [0.4, 0.5) is 0 Å². The Balaban J connectivity index is 2.00. The number of pyridine rings is 1. The van der Waals surface area contributed by atoms with Crippen LogP contribution in [0.2, 0.25) is 5.02 Å². The standard InChI is InChI=1S/C21H19ClN4O5/c1-24-14-6-4-11(8-15(14)25(2)21(24)30)13(9-17(27)31-3)18-19(28)23-16-7-5-12(22)10-26(16)20(18)29/h4-8,10,13,28H,9H2,1-3H3. The largest absolute Gasteiger partial charge is 0.493 e. The average molecular weight is 443 g/mol. The number of halogens is 1. The van der Waals surface area contributed by atoms with Crippen molar-refractivity contribution >= 4 is 34.3 Å². The van der Waals surface area contributed by atoms with Gasteiger partial charge in [-0.15, -0.1) is 0 Å². The molecule has 1 N–H and O–H groups in total. The van der Waals surface area contributed by atoms with Crippen molar-refractivity contribution in [1.29, 1.82) is 0 Å². The zero-order chi connectivity index (χ0) is 22.4. The van der Waals surface area contributed by atoms with Crippen LogP contribution in [0.25, 0.3) is 16.7 Å². The molecule has 4 aromatic rings. The second kappa shape index (κ2) is 7.59. The molecule has 0 fully saturated rings. The molecule has 3 heterocycles. The van der Waals surface area contributed by atoms with Crippen molar-refractivity contribution in [2.75, 3.05) is 7.11 Å². The maximum Gasteiger partial charge on any atom is 0.328 e. The third-order valence-electron chi connectivity index (χ3n) is 5.45. The molecule has 0 bridgehead atoms. The van der Waals surface area contributed by atoms with E-state index in [9.17, 15) is 19.5 Å². The van der Waals surface area contributed by atoms with Crippen LogP contribution in [-0.4, -0.2) is 36.7 Å². The minimum absolute atomic E-state index is 0.0644. The lowest BCUT2D eigenvalue weighted by molar-refractivity contribution is -0.140. The lowest BCUT2D eigenvalue weighted by Crippen LogP contribution is -2.24. The molecule has 0 amide bonds. The Morgan fingerprint density at radius 1 is 1.16 bits per heavy atom. The van der Waals surface area contributed by atoms with E-state index < -0.39 is 23.3 Å². The van der Waals surface area contributed by atoms with Gasteiger partial charge in [-0.2, -0.15) is 4.98 Å². The summed E-state index contributed by atoms with van der Waals surface area (Å²) < 4.78 is 9.01. The fraction of sp³-hybridized carbons (Fsp3) is 0.238. The number of fused-ring (bicyclic) bond motifs is 2. The Labute approximate surface area is 180 Å². The summed E-state index contributed by atoms with van der Waals surface area (Å²) in [4.78, 5) is 41.8. The van der Waals surface area contributed by atoms with E-state index in [0.717, 1.165) is 0 Å². The lowest BCUT2D eigenvalue weighted by Gasteiger charge is -2.18. The van der Waals surface area contributed by atoms with Crippen LogP contribution in [0.1, 0.15) is 23.5 Å². The van der Waals surface area contributed by atoms with Gasteiger partial charge in [-0.05, 0) is 29.8 Å². The van der Waals surface area contributed by atoms with Crippen LogP contribution in [-0.2, 0) is 23.6 Å². The molecule has 0 aliphatic carbocycles. The zero-order valence-corrected chi connectivity index (χ0v) is 17.8. The maximum absolute atomic E-state index is 13.3. The third kappa shape index (κ3) is 3.36. The number of aryl methyl sites for hydroxylation is 2. The van der Waals surface area contributed by atoms with Gasteiger partial charge in [-0.1, -0.05) is 17.7 Å². The van der Waals surface area contributed by atoms with Gasteiger partial charge in [-0.3, -0.25) is 23.1 Å². The Morgan fingerprint density at radius 2 is 1.87 bits per heavy atom. The molecule has 1 aromatic carbocycles. The molecule has 0 saturated carbocycles. The number of aromatic hydroxyl groups is 1. The van der Waals surface area contributed by atoms with Gasteiger partial charge >= 0.3 is 11.7 Å². The first-order valence-electron chi connectivity index (χ1n) is 9.36. The van der Waals surface area contributed by atoms with Crippen molar-refractivity contribution in [3.63, 3.8) is 0 Å². The molecule has 0 aliphatic heterocycles. The molecule has 0 radical (unpaired) electrons. The highest BCUT2D eigenvalue weighted by Gasteiger charge is 2.27. The molecule has 160 valence electrons. The maximum atomic E-state index is 13.3. The molecule has 0 saturated heterocycles. The third-order valence-corrected chi connectivity index (χ3v) is 5.67. The van der Waals surface area contributed by atoms with E-state index in [1.165, 1.54) is 32.9 Å². The highest BCUT2D eigenvalue weighted by atomic mass is 35.5. The van der Waals surface area contributed by atoms with Crippen LogP contribution >= 0.6 is 11.6 Å². The van der Waals surface area contributed by atoms with Gasteiger partial charge < -0.3 is 9.84 Å². The average Bonchev–Trinajstić information content (AvgIpc) is 2.97. The molecule has 1 unspecified atom stereocenters. The van der Waals surface area contributed by atoms with E-state index in [1.807, 2.05) is 0 Å². The van der Waals surface area contributed by atoms with Crippen LogP contribution < -0.4 is 11.2 Å². The number of carbonyl (C=O) groups excluding carboxylic acids is 1. The van der Waals surface area contributed by atoms with Gasteiger partial charge in [0.15, 0.2) is 0 Å². The van der Waals surface area contributed by atoms with Crippen LogP contribution in [0.5, 0.6) is 5.88 Å². The minimum atomic E-state index is -0.858. The summed E-state index contributed by atoms with van der Waals surface area (Å²) in [5.41, 5.74) is 1.25. The Morgan fingerprint density at radius 3 is 2.58 bits per heavy atom. The molecule has 1 atom stereocenters. The van der Waals surface area contributed by atoms with Gasteiger partial charge in [0.2, 0.25) is 5.88 Å². The predicted molar refractivity (Wildman–Crippen MR) is 115 cm³/mol. The van der Waals surface area contributed by atoms with E-state index in [2.05, 4.69) is 4.98 Å². The topological polar surface area (TPSA) is 108 Å². The van der Waals surface area contributed by atoms with Crippen molar-refractivity contribution < 1.29 is 14.6 Å². The smallest absolute Gasteiger partial charge is 0.328 e. The fourth-order valence-corrected chi connectivity index (χ4v) is 3.96. The van der Waals surface area contributed by atoms with Crippen molar-refractivity contribution in [2.45, 2.75) is 12.3 Å². The summed E-state index contributed by atoms with van der Waals surface area (Å²) in [5.74, 6) is -1.91. The first kappa shape index (κ1) is 20.7. The van der Waals surface area contributed by atoms with Gasteiger partial charge in [-0.25, -0.2) is 4.79 Å². The number of nitrogens with zero attached hydrogens (tertiary/aromatic N) is 4. The monoisotopic (exact) mass is 442 g/mol. The number of methoxy groups -OCH3 is 1. The van der Waals surface area contributed by atoms with Crippen LogP contribution in [0, 0.1) is 0 Å². The highest BCUT2D eigenvalue weighted by molar-refractivity contribution is 6.30. The number of carbonyl (C=O) groups is 1. The number of imidazole rings is 1. The first-order chi connectivity index (χ1) is 14.7. The Kier molecular flexibility index (Phi) is 5.06. The first-order valence-corrected chi connectivity index (χ1v) is 9.73. The van der Waals surface area contributed by atoms with Crippen molar-refractivity contribution in [3.8, 4) is 5.88 Å². The lowest BCUT2D eigenvalue weighted by atomic mass is 9.89. The van der Waals surface area contributed by atoms with Gasteiger partial charge in [0.05, 0.1) is 35.2 Å². The summed E-state index contributed by atoms with van der Waals surface area (Å²) in [5, 5.41) is 10.9. The fourth-order valence-electron chi connectivity index (χ4n) is 3.80.